The summed E-state index contributed by atoms with van der Waals surface area (Å²) in [5.74, 6) is -47.0. The molecule has 0 saturated heterocycles. The molecule has 0 unspecified atom stereocenters. The van der Waals surface area contributed by atoms with E-state index in [-0.39, 0.29) is 0 Å². The van der Waals surface area contributed by atoms with Gasteiger partial charge >= 0.3 is 0 Å². The maximum absolute atomic E-state index is 12.5. The highest BCUT2D eigenvalue weighted by Gasteiger charge is 2.27. The van der Waals surface area contributed by atoms with Crippen LogP contribution in [0.5, 0.6) is 0 Å². The van der Waals surface area contributed by atoms with Crippen molar-refractivity contribution >= 4 is 50.3 Å². The van der Waals surface area contributed by atoms with Crippen LogP contribution < -0.4 is 101 Å². The largest absolute Gasteiger partial charge is 0.889 e. The highest BCUT2D eigenvalue weighted by atomic mass is 19.2. The molecule has 0 heterocycles. The smallest absolute Gasteiger partial charge is 0.200 e. The van der Waals surface area contributed by atoms with Gasteiger partial charge in [0.1, 0.15) is 0 Å². The Morgan fingerprint density at radius 3 is 0.281 bits per heavy atom. The Morgan fingerprint density at radius 1 is 0.141 bits per heavy atom. The molecule has 4 aromatic carbocycles. The van der Waals surface area contributed by atoms with Crippen LogP contribution in [0.4, 0.5) is 87.8 Å². The molecular weight excluding hydrogens is 1720 g/mol. The van der Waals surface area contributed by atoms with Crippen LogP contribution >= 0.6 is 0 Å². The number of unbranched alkanes of at least 4 members (excludes halogenated alkanes) is 24. The molecule has 8 N–H and O–H groups in total. The normalized spacial score (nSPS) is 10.6. The molecule has 4 rings (SSSR count). The minimum absolute atomic E-state index is 1.33. The van der Waals surface area contributed by atoms with Crippen molar-refractivity contribution in [3.05, 3.63) is 116 Å². The summed E-state index contributed by atoms with van der Waals surface area (Å²) < 4.78 is 248. The molecule has 4 aromatic rings. The van der Waals surface area contributed by atoms with E-state index in [0.29, 0.717) is 0 Å². The number of halogens is 20. The number of nitrogens with one attached hydrogen (secondary N) is 8. The van der Waals surface area contributed by atoms with Crippen LogP contribution in [-0.4, -0.2) is 194 Å². The molecule has 128 heavy (non-hydrogen) atoms. The zero-order valence-electron chi connectivity index (χ0n) is 81.4. The first-order valence-corrected chi connectivity index (χ1v) is 45.3. The minimum Gasteiger partial charge on any atom is -0.889 e. The standard InChI is InChI=1S/8C8H19N.4C6BF5O2/c8*1-4-5-6-7-8-9(2)3;4*8-2-1(7(13)14)3(9)5(11)6(12)4(2)10/h8*4-8H2,1-3H3;;;;/q;;;;;;;;4*-2/p+8. The van der Waals surface area contributed by atoms with Gasteiger partial charge in [-0.3, -0.25) is 0 Å². The molecule has 0 aromatic heterocycles. The zero-order valence-corrected chi connectivity index (χ0v) is 81.4. The molecule has 752 valence electrons. The number of quaternary nitrogens is 8. The first-order valence-electron chi connectivity index (χ1n) is 45.3. The highest BCUT2D eigenvalue weighted by Crippen LogP contribution is 2.20. The number of benzene rings is 4. The van der Waals surface area contributed by atoms with Crippen LogP contribution in [0.1, 0.15) is 261 Å². The Morgan fingerprint density at radius 2 is 0.219 bits per heavy atom. The molecule has 0 aliphatic heterocycles. The van der Waals surface area contributed by atoms with Gasteiger partial charge in [0.15, 0.2) is 116 Å². The second-order valence-electron chi connectivity index (χ2n) is 33.4. The van der Waals surface area contributed by atoms with Crippen LogP contribution in [-0.2, 0) is 0 Å². The lowest BCUT2D eigenvalue weighted by Crippen LogP contribution is -3.05. The SMILES string of the molecule is CCCCCC[NH+](C)C.CCCCCC[NH+](C)C.CCCCCC[NH+](C)C.CCCCCC[NH+](C)C.CCCCCC[NH+](C)C.CCCCCC[NH+](C)C.CCCCCC[NH+](C)C.CCCCCC[NH+](C)C.[O-]B([O-])c1c(F)c(F)c(F)c(F)c1F.[O-]B([O-])c1c(F)c(F)c(F)c(F)c1F.[O-]B([O-])c1c(F)c(F)c(F)c(F)c1F.[O-]B([O-])c1c(F)c(F)c(F)c(F)c1F. The summed E-state index contributed by atoms with van der Waals surface area (Å²) in [4.78, 5) is 12.6. The molecule has 0 fully saturated rings. The third-order valence-corrected chi connectivity index (χ3v) is 18.2. The first kappa shape index (κ1) is 139. The fourth-order valence-electron chi connectivity index (χ4n) is 10.6. The van der Waals surface area contributed by atoms with Crippen LogP contribution in [0.2, 0.25) is 0 Å². The average Bonchev–Trinajstić information content (AvgIpc) is 0.813. The summed E-state index contributed by atoms with van der Waals surface area (Å²) in [5, 5.41) is 80.8. The molecule has 0 aliphatic rings. The lowest BCUT2D eigenvalue weighted by molar-refractivity contribution is -0.858. The molecule has 0 aliphatic carbocycles. The van der Waals surface area contributed by atoms with Gasteiger partial charge in [-0.05, 0) is 125 Å². The van der Waals surface area contributed by atoms with Gasteiger partial charge in [-0.2, -0.15) is 0 Å². The van der Waals surface area contributed by atoms with Crippen LogP contribution in [0.3, 0.4) is 0 Å². The van der Waals surface area contributed by atoms with E-state index < -0.39 is 167 Å². The fraction of sp³-hybridized carbons (Fsp3) is 0.727. The lowest BCUT2D eigenvalue weighted by atomic mass is 9.79. The molecule has 0 radical (unpaired) electrons. The molecule has 16 nitrogen and oxygen atoms in total. The Kier molecular flexibility index (Phi) is 94.6. The van der Waals surface area contributed by atoms with E-state index in [4.69, 9.17) is 0 Å². The molecular formula is C88H160B4F20N8O8. The maximum Gasteiger partial charge on any atom is 0.200 e. The third kappa shape index (κ3) is 72.6. The van der Waals surface area contributed by atoms with Crippen molar-refractivity contribution < 1.29 is 167 Å². The highest BCUT2D eigenvalue weighted by molar-refractivity contribution is 6.56. The maximum atomic E-state index is 12.5. The van der Waals surface area contributed by atoms with Gasteiger partial charge in [0.05, 0.1) is 165 Å². The molecule has 0 saturated carbocycles. The van der Waals surface area contributed by atoms with Gasteiger partial charge in [0.2, 0.25) is 0 Å². The van der Waals surface area contributed by atoms with E-state index in [1.165, 1.54) is 258 Å². The topological polar surface area (TPSA) is 220 Å². The molecule has 0 bridgehead atoms. The summed E-state index contributed by atoms with van der Waals surface area (Å²) in [7, 11) is 22.4. The average molecular weight is 1880 g/mol. The van der Waals surface area contributed by atoms with Crippen molar-refractivity contribution in [2.45, 2.75) is 261 Å². The number of hydrogen-bond donors (Lipinski definition) is 8. The Hall–Kier alpha value is -4.90. The summed E-state index contributed by atoms with van der Waals surface area (Å²) in [6.45, 7) is 28.7. The monoisotopic (exact) mass is 1880 g/mol. The van der Waals surface area contributed by atoms with Crippen LogP contribution in [0.15, 0.2) is 0 Å². The van der Waals surface area contributed by atoms with Crippen LogP contribution in [0.25, 0.3) is 0 Å². The predicted octanol–water partition coefficient (Wildman–Crippen LogP) is 0.881. The molecule has 0 amide bonds. The molecule has 0 spiro atoms. The van der Waals surface area contributed by atoms with Crippen molar-refractivity contribution in [2.75, 3.05) is 165 Å². The zero-order chi connectivity index (χ0) is 101. The van der Waals surface area contributed by atoms with E-state index in [1.807, 2.05) is 0 Å². The van der Waals surface area contributed by atoms with Crippen molar-refractivity contribution in [1.82, 2.24) is 0 Å². The Labute approximate surface area is 756 Å². The molecule has 40 heteroatoms. The van der Waals surface area contributed by atoms with E-state index in [0.717, 1.165) is 0 Å². The second-order valence-corrected chi connectivity index (χ2v) is 33.4. The number of hydrogen-bond acceptors (Lipinski definition) is 8. The number of rotatable bonds is 44. The Bertz CT molecular complexity index is 2720. The van der Waals surface area contributed by atoms with Gasteiger partial charge in [-0.15, -0.1) is 0 Å². The lowest BCUT2D eigenvalue weighted by Gasteiger charge is -2.27. The minimum atomic E-state index is -3.26. The fourth-order valence-corrected chi connectivity index (χ4v) is 10.6. The summed E-state index contributed by atoms with van der Waals surface area (Å²) in [6, 6.07) is 0. The van der Waals surface area contributed by atoms with Gasteiger partial charge in [0, 0.05) is 0 Å². The van der Waals surface area contributed by atoms with E-state index >= 15 is 0 Å². The van der Waals surface area contributed by atoms with Gasteiger partial charge in [-0.25, -0.2) is 87.8 Å². The summed E-state index contributed by atoms with van der Waals surface area (Å²) in [6.07, 6.45) is 44.6. The van der Waals surface area contributed by atoms with E-state index in [1.54, 1.807) is 39.2 Å². The van der Waals surface area contributed by atoms with Gasteiger partial charge in [-0.1, -0.05) is 187 Å². The van der Waals surface area contributed by atoms with Gasteiger partial charge in [0.25, 0.3) is 0 Å². The summed E-state index contributed by atoms with van der Waals surface area (Å²) in [5.41, 5.74) is -7.55. The third-order valence-electron chi connectivity index (χ3n) is 18.2. The van der Waals surface area contributed by atoms with Crippen molar-refractivity contribution in [3.63, 3.8) is 0 Å². The molecule has 0 atom stereocenters. The van der Waals surface area contributed by atoms with Crippen molar-refractivity contribution in [3.8, 4) is 0 Å². The van der Waals surface area contributed by atoms with E-state index in [2.05, 4.69) is 168 Å². The summed E-state index contributed by atoms with van der Waals surface area (Å²) >= 11 is 0. The van der Waals surface area contributed by atoms with E-state index in [9.17, 15) is 128 Å². The quantitative estimate of drug-likeness (QED) is 0.0104. The Balaban J connectivity index is -0.000000206. The second kappa shape index (κ2) is 87.4. The predicted molar refractivity (Wildman–Crippen MR) is 461 cm³/mol. The van der Waals surface area contributed by atoms with Crippen molar-refractivity contribution in [2.24, 2.45) is 0 Å². The van der Waals surface area contributed by atoms with Gasteiger partial charge < -0.3 is 79.4 Å². The van der Waals surface area contributed by atoms with Crippen LogP contribution in [0, 0.1) is 116 Å². The first-order chi connectivity index (χ1) is 59.7. The van der Waals surface area contributed by atoms with Crippen molar-refractivity contribution in [1.29, 1.82) is 0 Å².